The van der Waals surface area contributed by atoms with Crippen LogP contribution < -0.4 is 14.4 Å². The Bertz CT molecular complexity index is 1060. The summed E-state index contributed by atoms with van der Waals surface area (Å²) in [7, 11) is -1.26. The molecule has 1 heterocycles. The van der Waals surface area contributed by atoms with Crippen LogP contribution >= 0.6 is 8.38 Å². The first-order valence-corrected chi connectivity index (χ1v) is 10.1. The lowest BCUT2D eigenvalue weighted by Crippen LogP contribution is -2.17. The van der Waals surface area contributed by atoms with Gasteiger partial charge >= 0.3 is 8.38 Å². The molecule has 1 aliphatic heterocycles. The van der Waals surface area contributed by atoms with Crippen molar-refractivity contribution < 1.29 is 9.05 Å². The summed E-state index contributed by atoms with van der Waals surface area (Å²) >= 11 is 0. The number of rotatable bonds is 3. The van der Waals surface area contributed by atoms with Gasteiger partial charge in [-0.05, 0) is 29.3 Å². The summed E-state index contributed by atoms with van der Waals surface area (Å²) in [6.07, 6.45) is 0. The maximum atomic E-state index is 6.49. The van der Waals surface area contributed by atoms with E-state index in [-0.39, 0.29) is 0 Å². The highest BCUT2D eigenvalue weighted by Crippen LogP contribution is 2.52. The quantitative estimate of drug-likeness (QED) is 0.388. The van der Waals surface area contributed by atoms with Crippen molar-refractivity contribution >= 4 is 13.7 Å². The number of para-hydroxylation sites is 2. The first-order chi connectivity index (χ1) is 13.4. The van der Waals surface area contributed by atoms with E-state index in [0.717, 1.165) is 33.5 Å². The van der Waals surface area contributed by atoms with E-state index in [2.05, 4.69) is 60.7 Å². The van der Waals surface area contributed by atoms with E-state index in [1.165, 1.54) is 5.56 Å². The largest absolute Gasteiger partial charge is 0.435 e. The van der Waals surface area contributed by atoms with E-state index < -0.39 is 8.38 Å². The Morgan fingerprint density at radius 1 is 0.556 bits per heavy atom. The molecule has 130 valence electrons. The van der Waals surface area contributed by atoms with Crippen LogP contribution in [-0.4, -0.2) is 0 Å². The zero-order chi connectivity index (χ0) is 18.1. The third-order valence-electron chi connectivity index (χ3n) is 4.60. The highest BCUT2D eigenvalue weighted by molar-refractivity contribution is 7.57. The van der Waals surface area contributed by atoms with Crippen molar-refractivity contribution in [1.82, 2.24) is 0 Å². The molecule has 0 amide bonds. The first-order valence-electron chi connectivity index (χ1n) is 8.89. The van der Waals surface area contributed by atoms with Crippen molar-refractivity contribution in [2.24, 2.45) is 0 Å². The Hall–Kier alpha value is -3.09. The van der Waals surface area contributed by atoms with Crippen molar-refractivity contribution in [3.8, 4) is 33.8 Å². The molecule has 1 unspecified atom stereocenters. The van der Waals surface area contributed by atoms with E-state index in [0.29, 0.717) is 0 Å². The predicted molar refractivity (Wildman–Crippen MR) is 112 cm³/mol. The molecular weight excluding hydrogens is 351 g/mol. The van der Waals surface area contributed by atoms with Crippen LogP contribution in [0, 0.1) is 0 Å². The van der Waals surface area contributed by atoms with E-state index >= 15 is 0 Å². The molecule has 27 heavy (non-hydrogen) atoms. The van der Waals surface area contributed by atoms with Crippen molar-refractivity contribution in [1.29, 1.82) is 0 Å². The molecule has 0 spiro atoms. The van der Waals surface area contributed by atoms with Gasteiger partial charge in [-0.2, -0.15) is 0 Å². The van der Waals surface area contributed by atoms with Gasteiger partial charge in [-0.15, -0.1) is 0 Å². The monoisotopic (exact) mass is 368 g/mol. The van der Waals surface area contributed by atoms with Gasteiger partial charge in [0.15, 0.2) is 0 Å². The van der Waals surface area contributed by atoms with Gasteiger partial charge in [0, 0.05) is 11.1 Å². The van der Waals surface area contributed by atoms with E-state index in [1.54, 1.807) is 0 Å². The van der Waals surface area contributed by atoms with Gasteiger partial charge in [-0.3, -0.25) is 0 Å². The minimum Gasteiger partial charge on any atom is -0.435 e. The van der Waals surface area contributed by atoms with Crippen LogP contribution in [0.3, 0.4) is 0 Å². The van der Waals surface area contributed by atoms with Gasteiger partial charge in [0.25, 0.3) is 0 Å². The maximum Gasteiger partial charge on any atom is 0.326 e. The van der Waals surface area contributed by atoms with Gasteiger partial charge in [0.2, 0.25) is 0 Å². The fraction of sp³-hybridized carbons (Fsp3) is 0. The van der Waals surface area contributed by atoms with Gasteiger partial charge in [-0.25, -0.2) is 0 Å². The molecule has 0 saturated carbocycles. The topological polar surface area (TPSA) is 18.5 Å². The zero-order valence-corrected chi connectivity index (χ0v) is 15.5. The SMILES string of the molecule is c1ccc(OP2Oc3c(-c4ccccc4)cccc3-c3ccccc32)cc1. The van der Waals surface area contributed by atoms with Crippen LogP contribution in [0.5, 0.6) is 11.5 Å². The second-order valence-electron chi connectivity index (χ2n) is 6.32. The minimum atomic E-state index is -1.26. The third-order valence-corrected chi connectivity index (χ3v) is 6.10. The maximum absolute atomic E-state index is 6.49. The molecule has 0 N–H and O–H groups in total. The average molecular weight is 368 g/mol. The summed E-state index contributed by atoms with van der Waals surface area (Å²) in [5.41, 5.74) is 4.52. The summed E-state index contributed by atoms with van der Waals surface area (Å²) in [6.45, 7) is 0. The predicted octanol–water partition coefficient (Wildman–Crippen LogP) is 6.43. The molecule has 1 atom stereocenters. The van der Waals surface area contributed by atoms with E-state index in [9.17, 15) is 0 Å². The molecule has 3 heteroatoms. The normalized spacial score (nSPS) is 14.6. The molecule has 0 aliphatic carbocycles. The molecular formula is C24H17O2P. The van der Waals surface area contributed by atoms with Crippen molar-refractivity contribution in [2.45, 2.75) is 0 Å². The molecule has 0 saturated heterocycles. The van der Waals surface area contributed by atoms with Crippen molar-refractivity contribution in [3.05, 3.63) is 103 Å². The molecule has 5 rings (SSSR count). The lowest BCUT2D eigenvalue weighted by atomic mass is 9.97. The van der Waals surface area contributed by atoms with E-state index in [1.807, 2.05) is 42.5 Å². The summed E-state index contributed by atoms with van der Waals surface area (Å²) in [4.78, 5) is 0. The second-order valence-corrected chi connectivity index (χ2v) is 7.68. The molecule has 0 bridgehead atoms. The minimum absolute atomic E-state index is 0.819. The Kier molecular flexibility index (Phi) is 4.12. The van der Waals surface area contributed by atoms with Crippen LogP contribution in [0.25, 0.3) is 22.3 Å². The smallest absolute Gasteiger partial charge is 0.326 e. The van der Waals surface area contributed by atoms with Crippen LogP contribution in [-0.2, 0) is 0 Å². The number of hydrogen-bond donors (Lipinski definition) is 0. The number of hydrogen-bond acceptors (Lipinski definition) is 2. The van der Waals surface area contributed by atoms with Crippen molar-refractivity contribution in [2.75, 3.05) is 0 Å². The molecule has 4 aromatic rings. The summed E-state index contributed by atoms with van der Waals surface area (Å²) in [5.74, 6) is 1.71. The molecule has 0 fully saturated rings. The lowest BCUT2D eigenvalue weighted by molar-refractivity contribution is 0.501. The fourth-order valence-electron chi connectivity index (χ4n) is 3.33. The Labute approximate surface area is 159 Å². The zero-order valence-electron chi connectivity index (χ0n) is 14.6. The van der Waals surface area contributed by atoms with Gasteiger partial charge in [0.05, 0.1) is 5.30 Å². The van der Waals surface area contributed by atoms with Gasteiger partial charge in [0.1, 0.15) is 11.5 Å². The highest BCUT2D eigenvalue weighted by Gasteiger charge is 2.30. The Morgan fingerprint density at radius 3 is 2.00 bits per heavy atom. The second kappa shape index (κ2) is 6.90. The first kappa shape index (κ1) is 16.1. The summed E-state index contributed by atoms with van der Waals surface area (Å²) in [6, 6.07) is 34.9. The Morgan fingerprint density at radius 2 is 1.19 bits per heavy atom. The molecule has 1 aliphatic rings. The summed E-state index contributed by atoms with van der Waals surface area (Å²) in [5, 5.41) is 1.11. The molecule has 0 aromatic heterocycles. The van der Waals surface area contributed by atoms with E-state index in [4.69, 9.17) is 9.05 Å². The van der Waals surface area contributed by atoms with Crippen molar-refractivity contribution in [3.63, 3.8) is 0 Å². The van der Waals surface area contributed by atoms with Crippen LogP contribution in [0.4, 0.5) is 0 Å². The lowest BCUT2D eigenvalue weighted by Gasteiger charge is -2.28. The van der Waals surface area contributed by atoms with Crippen LogP contribution in [0.2, 0.25) is 0 Å². The third kappa shape index (κ3) is 2.99. The van der Waals surface area contributed by atoms with Gasteiger partial charge in [-0.1, -0.05) is 84.9 Å². The molecule has 0 radical (unpaired) electrons. The standard InChI is InChI=1S/C24H17O2P/c1-3-10-18(11-4-1)20-15-9-16-22-21-14-7-8-17-23(21)27(26-24(20)22)25-19-12-5-2-6-13-19/h1-17H. The molecule has 4 aromatic carbocycles. The molecule has 2 nitrogen and oxygen atoms in total. The highest BCUT2D eigenvalue weighted by atomic mass is 31.2. The fourth-order valence-corrected chi connectivity index (χ4v) is 4.84. The summed E-state index contributed by atoms with van der Waals surface area (Å²) < 4.78 is 12.8. The van der Waals surface area contributed by atoms with Crippen LogP contribution in [0.1, 0.15) is 0 Å². The number of fused-ring (bicyclic) bond motifs is 3. The Balaban J connectivity index is 1.65. The number of benzene rings is 4. The average Bonchev–Trinajstić information content (AvgIpc) is 2.75. The van der Waals surface area contributed by atoms with Crippen LogP contribution in [0.15, 0.2) is 103 Å². The van der Waals surface area contributed by atoms with Gasteiger partial charge < -0.3 is 9.05 Å².